The molecular weight excluding hydrogens is 398 g/mol. The van der Waals surface area contributed by atoms with E-state index in [9.17, 15) is 0 Å². The number of thioether (sulfide) groups is 1. The minimum Gasteiger partial charge on any atom is -0.270 e. The maximum Gasteiger partial charge on any atom is 0.196 e. The van der Waals surface area contributed by atoms with E-state index in [0.717, 1.165) is 28.0 Å². The van der Waals surface area contributed by atoms with Crippen LogP contribution in [-0.4, -0.2) is 14.8 Å². The van der Waals surface area contributed by atoms with E-state index < -0.39 is 0 Å². The van der Waals surface area contributed by atoms with Crippen molar-refractivity contribution in [2.45, 2.75) is 50.9 Å². The summed E-state index contributed by atoms with van der Waals surface area (Å²) in [5.74, 6) is 1.73. The summed E-state index contributed by atoms with van der Waals surface area (Å²) in [6, 6.07) is 25.8. The van der Waals surface area contributed by atoms with Crippen molar-refractivity contribution in [3.63, 3.8) is 0 Å². The average Bonchev–Trinajstić information content (AvgIpc) is 3.17. The molecule has 0 atom stereocenters. The van der Waals surface area contributed by atoms with Gasteiger partial charge in [-0.3, -0.25) is 4.57 Å². The summed E-state index contributed by atoms with van der Waals surface area (Å²) in [5, 5.41) is 10.1. The molecule has 0 aliphatic rings. The summed E-state index contributed by atoms with van der Waals surface area (Å²) in [6.45, 7) is 11.0. The molecule has 0 amide bonds. The highest BCUT2D eigenvalue weighted by Crippen LogP contribution is 2.31. The molecule has 1 heterocycles. The number of benzene rings is 3. The first-order valence-corrected chi connectivity index (χ1v) is 11.6. The zero-order chi connectivity index (χ0) is 22.0. The van der Waals surface area contributed by atoms with Gasteiger partial charge in [0, 0.05) is 17.0 Å². The van der Waals surface area contributed by atoms with E-state index in [1.807, 2.05) is 0 Å². The lowest BCUT2D eigenvalue weighted by molar-refractivity contribution is 0.590. The molecule has 0 aliphatic carbocycles. The van der Waals surface area contributed by atoms with Crippen molar-refractivity contribution >= 4 is 11.8 Å². The molecule has 0 aliphatic heterocycles. The molecule has 1 aromatic heterocycles. The second-order valence-corrected chi connectivity index (χ2v) is 9.96. The van der Waals surface area contributed by atoms with Gasteiger partial charge in [-0.2, -0.15) is 0 Å². The Hall–Kier alpha value is -2.85. The van der Waals surface area contributed by atoms with Crippen LogP contribution in [0.1, 0.15) is 43.0 Å². The molecule has 4 rings (SSSR count). The Balaban J connectivity index is 1.73. The quantitative estimate of drug-likeness (QED) is 0.317. The molecule has 0 saturated carbocycles. The van der Waals surface area contributed by atoms with Crippen LogP contribution in [0.3, 0.4) is 0 Å². The van der Waals surface area contributed by atoms with Gasteiger partial charge < -0.3 is 0 Å². The Morgan fingerprint density at radius 3 is 2.13 bits per heavy atom. The number of rotatable bonds is 5. The minimum atomic E-state index is 0.123. The monoisotopic (exact) mass is 427 g/mol. The molecule has 0 unspecified atom stereocenters. The highest BCUT2D eigenvalue weighted by atomic mass is 32.2. The molecule has 0 radical (unpaired) electrons. The van der Waals surface area contributed by atoms with Gasteiger partial charge in [-0.05, 0) is 48.1 Å². The molecule has 3 aromatic carbocycles. The second kappa shape index (κ2) is 8.72. The van der Waals surface area contributed by atoms with E-state index >= 15 is 0 Å². The van der Waals surface area contributed by atoms with Crippen LogP contribution >= 0.6 is 11.8 Å². The van der Waals surface area contributed by atoms with Crippen LogP contribution in [-0.2, 0) is 11.2 Å². The lowest BCUT2D eigenvalue weighted by Gasteiger charge is -2.19. The Bertz CT molecular complexity index is 1170. The van der Waals surface area contributed by atoms with E-state index in [1.54, 1.807) is 11.8 Å². The van der Waals surface area contributed by atoms with Crippen molar-refractivity contribution in [2.75, 3.05) is 0 Å². The number of nitrogens with zero attached hydrogens (tertiary/aromatic N) is 3. The third-order valence-corrected chi connectivity index (χ3v) is 6.53. The lowest BCUT2D eigenvalue weighted by atomic mass is 9.87. The van der Waals surface area contributed by atoms with Crippen molar-refractivity contribution in [2.24, 2.45) is 0 Å². The number of aromatic nitrogens is 3. The predicted molar refractivity (Wildman–Crippen MR) is 131 cm³/mol. The summed E-state index contributed by atoms with van der Waals surface area (Å²) >= 11 is 1.73. The molecule has 158 valence electrons. The third-order valence-electron chi connectivity index (χ3n) is 5.55. The van der Waals surface area contributed by atoms with Crippen LogP contribution < -0.4 is 0 Å². The third kappa shape index (κ3) is 4.75. The Labute approximate surface area is 189 Å². The zero-order valence-electron chi connectivity index (χ0n) is 18.9. The minimum absolute atomic E-state index is 0.123. The van der Waals surface area contributed by atoms with Crippen molar-refractivity contribution in [3.8, 4) is 17.1 Å². The summed E-state index contributed by atoms with van der Waals surface area (Å²) in [4.78, 5) is 0. The van der Waals surface area contributed by atoms with Gasteiger partial charge in [0.25, 0.3) is 0 Å². The molecule has 0 spiro atoms. The summed E-state index contributed by atoms with van der Waals surface area (Å²) in [6.07, 6.45) is 0. The second-order valence-electron chi connectivity index (χ2n) is 9.02. The van der Waals surface area contributed by atoms with Crippen molar-refractivity contribution in [1.82, 2.24) is 14.8 Å². The van der Waals surface area contributed by atoms with Gasteiger partial charge in [0.2, 0.25) is 0 Å². The maximum atomic E-state index is 4.60. The summed E-state index contributed by atoms with van der Waals surface area (Å²) < 4.78 is 2.18. The van der Waals surface area contributed by atoms with Crippen LogP contribution in [0.15, 0.2) is 78.0 Å². The van der Waals surface area contributed by atoms with Gasteiger partial charge in [0.05, 0.1) is 0 Å². The fraction of sp³-hybridized carbons (Fsp3) is 0.259. The SMILES string of the molecule is Cc1ccc(-n2c(SCc3ccccc3C)nnc2-c2ccc(C(C)(C)C)cc2)cc1. The number of aryl methyl sites for hydroxylation is 2. The zero-order valence-corrected chi connectivity index (χ0v) is 19.7. The van der Waals surface area contributed by atoms with Gasteiger partial charge in [-0.1, -0.05) is 98.8 Å². The molecule has 4 heteroatoms. The molecule has 4 aromatic rings. The first-order valence-electron chi connectivity index (χ1n) is 10.6. The van der Waals surface area contributed by atoms with Crippen LogP contribution in [0.5, 0.6) is 0 Å². The Morgan fingerprint density at radius 2 is 1.48 bits per heavy atom. The van der Waals surface area contributed by atoms with E-state index in [0.29, 0.717) is 0 Å². The summed E-state index contributed by atoms with van der Waals surface area (Å²) in [7, 11) is 0. The van der Waals surface area contributed by atoms with Gasteiger partial charge in [0.1, 0.15) is 0 Å². The highest BCUT2D eigenvalue weighted by molar-refractivity contribution is 7.98. The van der Waals surface area contributed by atoms with E-state index in [-0.39, 0.29) is 5.41 Å². The standard InChI is InChI=1S/C27H29N3S/c1-19-10-16-24(17-11-19)30-25(21-12-14-23(15-13-21)27(3,4)5)28-29-26(30)31-18-22-9-7-6-8-20(22)2/h6-17H,18H2,1-5H3. The van der Waals surface area contributed by atoms with Crippen LogP contribution in [0.25, 0.3) is 17.1 Å². The molecule has 0 saturated heterocycles. The predicted octanol–water partition coefficient (Wildman–Crippen LogP) is 7.14. The molecule has 0 fully saturated rings. The molecule has 31 heavy (non-hydrogen) atoms. The Morgan fingerprint density at radius 1 is 0.806 bits per heavy atom. The largest absolute Gasteiger partial charge is 0.270 e. The highest BCUT2D eigenvalue weighted by Gasteiger charge is 2.18. The van der Waals surface area contributed by atoms with Crippen molar-refractivity contribution in [1.29, 1.82) is 0 Å². The van der Waals surface area contributed by atoms with Gasteiger partial charge in [-0.25, -0.2) is 0 Å². The number of hydrogen-bond donors (Lipinski definition) is 0. The fourth-order valence-electron chi connectivity index (χ4n) is 3.51. The summed E-state index contributed by atoms with van der Waals surface area (Å²) in [5.41, 5.74) is 7.45. The van der Waals surface area contributed by atoms with E-state index in [4.69, 9.17) is 0 Å². The molecule has 3 nitrogen and oxygen atoms in total. The molecule has 0 N–H and O–H groups in total. The number of hydrogen-bond acceptors (Lipinski definition) is 3. The van der Waals surface area contributed by atoms with Crippen LogP contribution in [0.2, 0.25) is 0 Å². The van der Waals surface area contributed by atoms with E-state index in [1.165, 1.54) is 22.3 Å². The topological polar surface area (TPSA) is 30.7 Å². The van der Waals surface area contributed by atoms with Crippen molar-refractivity contribution in [3.05, 3.63) is 95.1 Å². The maximum absolute atomic E-state index is 4.60. The first kappa shape index (κ1) is 21.4. The van der Waals surface area contributed by atoms with Crippen molar-refractivity contribution < 1.29 is 0 Å². The van der Waals surface area contributed by atoms with Gasteiger partial charge in [-0.15, -0.1) is 10.2 Å². The first-order chi connectivity index (χ1) is 14.8. The van der Waals surface area contributed by atoms with Crippen LogP contribution in [0, 0.1) is 13.8 Å². The lowest BCUT2D eigenvalue weighted by Crippen LogP contribution is -2.10. The average molecular weight is 428 g/mol. The normalized spacial score (nSPS) is 11.6. The fourth-order valence-corrected chi connectivity index (χ4v) is 4.54. The van der Waals surface area contributed by atoms with Gasteiger partial charge >= 0.3 is 0 Å². The van der Waals surface area contributed by atoms with E-state index in [2.05, 4.69) is 122 Å². The smallest absolute Gasteiger partial charge is 0.196 e. The Kier molecular flexibility index (Phi) is 6.01. The van der Waals surface area contributed by atoms with Crippen LogP contribution in [0.4, 0.5) is 0 Å². The van der Waals surface area contributed by atoms with Gasteiger partial charge in [0.15, 0.2) is 11.0 Å². The molecule has 0 bridgehead atoms. The molecular formula is C27H29N3S.